The van der Waals surface area contributed by atoms with Crippen LogP contribution in [0.5, 0.6) is 0 Å². The average Bonchev–Trinajstić information content (AvgIpc) is 2.92. The minimum atomic E-state index is -0.674. The van der Waals surface area contributed by atoms with Crippen LogP contribution in [0.15, 0.2) is 25.5 Å². The van der Waals surface area contributed by atoms with E-state index in [4.69, 9.17) is 5.73 Å². The molecular formula is C14H17BrN4O3S. The Morgan fingerprint density at radius 1 is 1.43 bits per heavy atom. The molecule has 0 atom stereocenters. The van der Waals surface area contributed by atoms with Crippen LogP contribution in [0.4, 0.5) is 11.5 Å². The number of aromatic nitrogens is 2. The van der Waals surface area contributed by atoms with E-state index in [9.17, 15) is 14.4 Å². The summed E-state index contributed by atoms with van der Waals surface area (Å²) >= 11 is 4.55. The molecule has 0 aliphatic carbocycles. The molecule has 0 unspecified atom stereocenters. The molecule has 0 bridgehead atoms. The number of nitrogen functional groups attached to an aromatic ring is 1. The topological polar surface area (TPSA) is 101 Å². The summed E-state index contributed by atoms with van der Waals surface area (Å²) < 4.78 is 2.10. The van der Waals surface area contributed by atoms with Crippen molar-refractivity contribution in [2.24, 2.45) is 0 Å². The molecule has 9 heteroatoms. The van der Waals surface area contributed by atoms with Crippen LogP contribution in [0.2, 0.25) is 0 Å². The molecule has 0 radical (unpaired) electrons. The predicted octanol–water partition coefficient (Wildman–Crippen LogP) is 2.02. The van der Waals surface area contributed by atoms with Crippen molar-refractivity contribution in [1.82, 2.24) is 9.55 Å². The third-order valence-electron chi connectivity index (χ3n) is 3.37. The molecule has 0 aromatic carbocycles. The van der Waals surface area contributed by atoms with Crippen LogP contribution in [-0.2, 0) is 6.54 Å². The molecule has 2 aromatic rings. The van der Waals surface area contributed by atoms with Crippen molar-refractivity contribution >= 4 is 44.7 Å². The molecule has 2 rings (SSSR count). The van der Waals surface area contributed by atoms with Crippen LogP contribution >= 0.6 is 27.3 Å². The Balaban J connectivity index is 2.47. The van der Waals surface area contributed by atoms with Gasteiger partial charge < -0.3 is 10.6 Å². The lowest BCUT2D eigenvalue weighted by Crippen LogP contribution is -2.39. The quantitative estimate of drug-likeness (QED) is 0.801. The lowest BCUT2D eigenvalue weighted by molar-refractivity contribution is 0.0996. The lowest BCUT2D eigenvalue weighted by atomic mass is 10.3. The van der Waals surface area contributed by atoms with Crippen LogP contribution in [0.3, 0.4) is 0 Å². The highest BCUT2D eigenvalue weighted by Crippen LogP contribution is 2.25. The highest BCUT2D eigenvalue weighted by molar-refractivity contribution is 9.11. The number of thiophene rings is 1. The number of H-pyrrole nitrogens is 1. The fraction of sp³-hybridized carbons (Fsp3) is 0.357. The summed E-state index contributed by atoms with van der Waals surface area (Å²) in [7, 11) is 1.46. The highest BCUT2D eigenvalue weighted by atomic mass is 79.9. The Hall–Kier alpha value is -1.87. The summed E-state index contributed by atoms with van der Waals surface area (Å²) in [6.45, 7) is 2.37. The largest absolute Gasteiger partial charge is 0.383 e. The second-order valence-electron chi connectivity index (χ2n) is 4.97. The van der Waals surface area contributed by atoms with Gasteiger partial charge in [0.1, 0.15) is 5.82 Å². The molecule has 0 spiro atoms. The molecule has 0 fully saturated rings. The molecule has 2 aromatic heterocycles. The van der Waals surface area contributed by atoms with Gasteiger partial charge in [0.25, 0.3) is 11.5 Å². The van der Waals surface area contributed by atoms with Gasteiger partial charge in [0.15, 0.2) is 5.69 Å². The summed E-state index contributed by atoms with van der Waals surface area (Å²) in [5.74, 6) is -0.364. The monoisotopic (exact) mass is 400 g/mol. The number of nitrogens with one attached hydrogen (secondary N) is 1. The first-order valence-corrected chi connectivity index (χ1v) is 8.63. The van der Waals surface area contributed by atoms with Crippen molar-refractivity contribution in [3.63, 3.8) is 0 Å². The Labute approximate surface area is 144 Å². The van der Waals surface area contributed by atoms with Crippen molar-refractivity contribution in [1.29, 1.82) is 0 Å². The molecule has 7 nitrogen and oxygen atoms in total. The van der Waals surface area contributed by atoms with Crippen LogP contribution in [0.25, 0.3) is 0 Å². The van der Waals surface area contributed by atoms with E-state index in [1.165, 1.54) is 27.9 Å². The fourth-order valence-corrected chi connectivity index (χ4v) is 3.50. The van der Waals surface area contributed by atoms with Crippen LogP contribution in [-0.4, -0.2) is 22.5 Å². The van der Waals surface area contributed by atoms with Crippen molar-refractivity contribution < 1.29 is 4.79 Å². The number of anilines is 2. The van der Waals surface area contributed by atoms with E-state index in [0.717, 1.165) is 16.6 Å². The molecule has 2 heterocycles. The van der Waals surface area contributed by atoms with Gasteiger partial charge in [0.05, 0.1) is 8.66 Å². The average molecular weight is 401 g/mol. The molecule has 3 N–H and O–H groups in total. The van der Waals surface area contributed by atoms with Gasteiger partial charge in [0.2, 0.25) is 0 Å². The maximum atomic E-state index is 12.5. The van der Waals surface area contributed by atoms with Gasteiger partial charge in [0, 0.05) is 13.6 Å². The van der Waals surface area contributed by atoms with E-state index in [-0.39, 0.29) is 17.4 Å². The Kier molecular flexibility index (Phi) is 5.42. The van der Waals surface area contributed by atoms with Crippen molar-refractivity contribution in [2.45, 2.75) is 26.3 Å². The molecule has 0 saturated heterocycles. The molecule has 0 saturated carbocycles. The van der Waals surface area contributed by atoms with Crippen LogP contribution in [0, 0.1) is 0 Å². The third-order valence-corrected chi connectivity index (χ3v) is 4.99. The zero-order valence-electron chi connectivity index (χ0n) is 12.8. The second kappa shape index (κ2) is 7.14. The Morgan fingerprint density at radius 2 is 2.13 bits per heavy atom. The summed E-state index contributed by atoms with van der Waals surface area (Å²) in [6.07, 6.45) is 1.61. The zero-order valence-corrected chi connectivity index (χ0v) is 15.2. The van der Waals surface area contributed by atoms with Crippen molar-refractivity contribution in [3.05, 3.63) is 41.6 Å². The van der Waals surface area contributed by atoms with E-state index in [0.29, 0.717) is 11.4 Å². The maximum absolute atomic E-state index is 12.5. The number of nitrogens with two attached hydrogens (primary N) is 1. The number of hydrogen-bond donors (Lipinski definition) is 2. The van der Waals surface area contributed by atoms with E-state index in [2.05, 4.69) is 20.9 Å². The zero-order chi connectivity index (χ0) is 17.1. The summed E-state index contributed by atoms with van der Waals surface area (Å²) in [5, 5.41) is 0. The standard InChI is InChI=1S/C14H17BrN4O3S/c1-3-4-7-19-11(16)10(12(20)17-14(19)22)18(2)13(21)8-5-6-9(15)23-8/h5-6H,3-4,7,16H2,1-2H3,(H,17,20,22). The summed E-state index contributed by atoms with van der Waals surface area (Å²) in [5.41, 5.74) is 4.73. The van der Waals surface area contributed by atoms with Crippen molar-refractivity contribution in [3.8, 4) is 0 Å². The number of amides is 1. The number of halogens is 1. The smallest absolute Gasteiger partial charge is 0.330 e. The first-order chi connectivity index (χ1) is 10.9. The Bertz CT molecular complexity index is 839. The normalized spacial score (nSPS) is 10.7. The van der Waals surface area contributed by atoms with Gasteiger partial charge in [-0.15, -0.1) is 11.3 Å². The predicted molar refractivity (Wildman–Crippen MR) is 95.4 cm³/mol. The van der Waals surface area contributed by atoms with Gasteiger partial charge in [-0.2, -0.15) is 0 Å². The Morgan fingerprint density at radius 3 is 2.70 bits per heavy atom. The first kappa shape index (κ1) is 17.5. The van der Waals surface area contributed by atoms with Crippen molar-refractivity contribution in [2.75, 3.05) is 17.7 Å². The third kappa shape index (κ3) is 3.56. The SMILES string of the molecule is CCCCn1c(N)c(N(C)C(=O)c2ccc(Br)s2)c(=O)[nH]c1=O. The number of unbranched alkanes of at least 4 members (excludes halogenated alkanes) is 1. The van der Waals surface area contributed by atoms with E-state index in [1.807, 2.05) is 6.92 Å². The minimum absolute atomic E-state index is 0.00123. The lowest BCUT2D eigenvalue weighted by Gasteiger charge is -2.19. The second-order valence-corrected chi connectivity index (χ2v) is 7.43. The van der Waals surface area contributed by atoms with Gasteiger partial charge in [-0.1, -0.05) is 13.3 Å². The summed E-state index contributed by atoms with van der Waals surface area (Å²) in [6, 6.07) is 3.41. The van der Waals surface area contributed by atoms with Gasteiger partial charge >= 0.3 is 5.69 Å². The van der Waals surface area contributed by atoms with Gasteiger partial charge in [-0.3, -0.25) is 19.1 Å². The molecule has 124 valence electrons. The van der Waals surface area contributed by atoms with Crippen LogP contribution in [0.1, 0.15) is 29.4 Å². The minimum Gasteiger partial charge on any atom is -0.383 e. The van der Waals surface area contributed by atoms with Gasteiger partial charge in [-0.25, -0.2) is 4.79 Å². The number of carbonyl (C=O) groups excluding carboxylic acids is 1. The number of nitrogens with zero attached hydrogens (tertiary/aromatic N) is 2. The molecule has 23 heavy (non-hydrogen) atoms. The molecule has 1 amide bonds. The van der Waals surface area contributed by atoms with E-state index < -0.39 is 11.2 Å². The van der Waals surface area contributed by atoms with Gasteiger partial charge in [-0.05, 0) is 34.5 Å². The molecule has 0 aliphatic heterocycles. The molecular weight excluding hydrogens is 384 g/mol. The first-order valence-electron chi connectivity index (χ1n) is 7.02. The fourth-order valence-electron chi connectivity index (χ4n) is 2.14. The van der Waals surface area contributed by atoms with E-state index in [1.54, 1.807) is 12.1 Å². The maximum Gasteiger partial charge on any atom is 0.330 e. The molecule has 0 aliphatic rings. The van der Waals surface area contributed by atoms with E-state index >= 15 is 0 Å². The number of hydrogen-bond acceptors (Lipinski definition) is 5. The number of carbonyl (C=O) groups is 1. The highest BCUT2D eigenvalue weighted by Gasteiger charge is 2.22. The summed E-state index contributed by atoms with van der Waals surface area (Å²) in [4.78, 5) is 40.4. The number of aromatic amines is 1. The van der Waals surface area contributed by atoms with Crippen LogP contribution < -0.4 is 21.9 Å². The number of rotatable bonds is 5.